The Kier molecular flexibility index (Phi) is 4.32. The van der Waals surface area contributed by atoms with E-state index in [1.54, 1.807) is 17.5 Å². The van der Waals surface area contributed by atoms with Gasteiger partial charge in [-0.25, -0.2) is 0 Å². The standard InChI is InChI=1S/C9H13N5S2/c1-2-10-5-3-4-8-12-13-9(15-8)7-6-11-14-16-7/h6,10H,2-5H2,1H3. The van der Waals surface area contributed by atoms with E-state index in [0.717, 1.165) is 40.8 Å². The van der Waals surface area contributed by atoms with Gasteiger partial charge in [-0.05, 0) is 31.0 Å². The summed E-state index contributed by atoms with van der Waals surface area (Å²) in [5, 5.41) is 17.4. The van der Waals surface area contributed by atoms with Crippen LogP contribution in [0.3, 0.4) is 0 Å². The lowest BCUT2D eigenvalue weighted by atomic mass is 10.3. The highest BCUT2D eigenvalue weighted by molar-refractivity contribution is 7.19. The van der Waals surface area contributed by atoms with Crippen LogP contribution in [0.5, 0.6) is 0 Å². The summed E-state index contributed by atoms with van der Waals surface area (Å²) in [6.45, 7) is 4.17. The number of aromatic nitrogens is 4. The van der Waals surface area contributed by atoms with Crippen LogP contribution in [0.4, 0.5) is 0 Å². The second kappa shape index (κ2) is 5.97. The Morgan fingerprint density at radius 1 is 1.38 bits per heavy atom. The molecule has 0 aliphatic rings. The average molecular weight is 255 g/mol. The Morgan fingerprint density at radius 2 is 2.31 bits per heavy atom. The molecule has 7 heteroatoms. The summed E-state index contributed by atoms with van der Waals surface area (Å²) in [6, 6.07) is 0. The molecule has 0 fully saturated rings. The van der Waals surface area contributed by atoms with Crippen LogP contribution in [-0.4, -0.2) is 32.9 Å². The van der Waals surface area contributed by atoms with Gasteiger partial charge in [0, 0.05) is 6.42 Å². The summed E-state index contributed by atoms with van der Waals surface area (Å²) in [6.07, 6.45) is 3.81. The summed E-state index contributed by atoms with van der Waals surface area (Å²) >= 11 is 2.98. The highest BCUT2D eigenvalue weighted by Crippen LogP contribution is 2.25. The SMILES string of the molecule is CCNCCCc1nnc(-c2cnns2)s1. The fraction of sp³-hybridized carbons (Fsp3) is 0.556. The third-order valence-electron chi connectivity index (χ3n) is 2.03. The summed E-state index contributed by atoms with van der Waals surface area (Å²) in [5.41, 5.74) is 0. The van der Waals surface area contributed by atoms with E-state index in [1.165, 1.54) is 11.5 Å². The van der Waals surface area contributed by atoms with Gasteiger partial charge in [0.25, 0.3) is 0 Å². The van der Waals surface area contributed by atoms with E-state index in [9.17, 15) is 0 Å². The minimum Gasteiger partial charge on any atom is -0.317 e. The van der Waals surface area contributed by atoms with E-state index in [4.69, 9.17) is 0 Å². The summed E-state index contributed by atoms with van der Waals surface area (Å²) in [7, 11) is 0. The van der Waals surface area contributed by atoms with Crippen molar-refractivity contribution in [2.75, 3.05) is 13.1 Å². The van der Waals surface area contributed by atoms with Crippen LogP contribution >= 0.6 is 22.9 Å². The quantitative estimate of drug-likeness (QED) is 0.794. The van der Waals surface area contributed by atoms with E-state index in [1.807, 2.05) is 0 Å². The van der Waals surface area contributed by atoms with Gasteiger partial charge in [-0.3, -0.25) is 0 Å². The van der Waals surface area contributed by atoms with Gasteiger partial charge in [-0.2, -0.15) is 0 Å². The molecule has 0 saturated heterocycles. The first-order valence-electron chi connectivity index (χ1n) is 5.21. The van der Waals surface area contributed by atoms with Gasteiger partial charge < -0.3 is 5.32 Å². The second-order valence-corrected chi connectivity index (χ2v) is 5.09. The predicted octanol–water partition coefficient (Wildman–Crippen LogP) is 1.60. The molecule has 2 aromatic rings. The Labute approximate surface area is 102 Å². The second-order valence-electron chi connectivity index (χ2n) is 3.24. The highest BCUT2D eigenvalue weighted by Gasteiger charge is 2.08. The van der Waals surface area contributed by atoms with Gasteiger partial charge in [0.1, 0.15) is 9.88 Å². The molecule has 0 radical (unpaired) electrons. The van der Waals surface area contributed by atoms with E-state index in [2.05, 4.69) is 32.0 Å². The zero-order chi connectivity index (χ0) is 11.2. The highest BCUT2D eigenvalue weighted by atomic mass is 32.1. The van der Waals surface area contributed by atoms with Crippen molar-refractivity contribution in [3.05, 3.63) is 11.2 Å². The molecule has 0 bridgehead atoms. The summed E-state index contributed by atoms with van der Waals surface area (Å²) < 4.78 is 3.81. The van der Waals surface area contributed by atoms with Gasteiger partial charge in [0.2, 0.25) is 0 Å². The first-order valence-corrected chi connectivity index (χ1v) is 6.80. The van der Waals surface area contributed by atoms with Crippen LogP contribution in [0.15, 0.2) is 6.20 Å². The fourth-order valence-electron chi connectivity index (χ4n) is 1.26. The topological polar surface area (TPSA) is 63.6 Å². The van der Waals surface area contributed by atoms with E-state index in [-0.39, 0.29) is 0 Å². The number of rotatable bonds is 6. The van der Waals surface area contributed by atoms with E-state index < -0.39 is 0 Å². The molecule has 0 aliphatic carbocycles. The van der Waals surface area contributed by atoms with Gasteiger partial charge in [-0.15, -0.1) is 15.3 Å². The molecule has 0 amide bonds. The van der Waals surface area contributed by atoms with Crippen LogP contribution in [0.2, 0.25) is 0 Å². The van der Waals surface area contributed by atoms with E-state index >= 15 is 0 Å². The van der Waals surface area contributed by atoms with Gasteiger partial charge in [0.15, 0.2) is 5.01 Å². The lowest BCUT2D eigenvalue weighted by molar-refractivity contribution is 0.669. The third-order valence-corrected chi connectivity index (χ3v) is 3.85. The van der Waals surface area contributed by atoms with Crippen molar-refractivity contribution in [3.8, 4) is 9.88 Å². The van der Waals surface area contributed by atoms with Gasteiger partial charge in [-0.1, -0.05) is 22.7 Å². The minimum absolute atomic E-state index is 0.924. The van der Waals surface area contributed by atoms with Crippen LogP contribution in [-0.2, 0) is 6.42 Å². The van der Waals surface area contributed by atoms with Crippen LogP contribution < -0.4 is 5.32 Å². The third kappa shape index (κ3) is 3.03. The molecule has 0 saturated carbocycles. The van der Waals surface area contributed by atoms with Crippen molar-refractivity contribution in [1.82, 2.24) is 25.1 Å². The molecule has 2 aromatic heterocycles. The molecule has 0 aliphatic heterocycles. The van der Waals surface area contributed by atoms with Crippen LogP contribution in [0, 0.1) is 0 Å². The van der Waals surface area contributed by atoms with Gasteiger partial charge >= 0.3 is 0 Å². The number of nitrogens with zero attached hydrogens (tertiary/aromatic N) is 4. The normalized spacial score (nSPS) is 10.8. The average Bonchev–Trinajstić information content (AvgIpc) is 2.94. The van der Waals surface area contributed by atoms with Crippen molar-refractivity contribution in [3.63, 3.8) is 0 Å². The van der Waals surface area contributed by atoms with Crippen molar-refractivity contribution < 1.29 is 0 Å². The number of aryl methyl sites for hydroxylation is 1. The van der Waals surface area contributed by atoms with Gasteiger partial charge in [0.05, 0.1) is 6.20 Å². The van der Waals surface area contributed by atoms with Crippen molar-refractivity contribution in [2.45, 2.75) is 19.8 Å². The zero-order valence-electron chi connectivity index (χ0n) is 9.01. The molecule has 0 atom stereocenters. The smallest absolute Gasteiger partial charge is 0.161 e. The monoisotopic (exact) mass is 255 g/mol. The Bertz CT molecular complexity index is 411. The molecule has 0 spiro atoms. The number of nitrogens with one attached hydrogen (secondary N) is 1. The Hall–Kier alpha value is -0.920. The first-order chi connectivity index (χ1) is 7.90. The lowest BCUT2D eigenvalue weighted by Crippen LogP contribution is -2.14. The molecule has 2 rings (SSSR count). The predicted molar refractivity (Wildman–Crippen MR) is 65.7 cm³/mol. The Balaban J connectivity index is 1.88. The number of hydrogen-bond donors (Lipinski definition) is 1. The molecule has 1 N–H and O–H groups in total. The summed E-state index contributed by atoms with van der Waals surface area (Å²) in [4.78, 5) is 0.996. The maximum Gasteiger partial charge on any atom is 0.161 e. The maximum absolute atomic E-state index is 4.16. The van der Waals surface area contributed by atoms with Crippen molar-refractivity contribution in [1.29, 1.82) is 0 Å². The summed E-state index contributed by atoms with van der Waals surface area (Å²) in [5.74, 6) is 0. The molecular formula is C9H13N5S2. The molecule has 2 heterocycles. The lowest BCUT2D eigenvalue weighted by Gasteiger charge is -1.97. The largest absolute Gasteiger partial charge is 0.317 e. The molecule has 0 aromatic carbocycles. The number of hydrogen-bond acceptors (Lipinski definition) is 7. The maximum atomic E-state index is 4.16. The molecule has 86 valence electrons. The molecule has 0 unspecified atom stereocenters. The Morgan fingerprint density at radius 3 is 3.06 bits per heavy atom. The zero-order valence-corrected chi connectivity index (χ0v) is 10.6. The first kappa shape index (κ1) is 11.6. The minimum atomic E-state index is 0.924. The van der Waals surface area contributed by atoms with Crippen LogP contribution in [0.1, 0.15) is 18.4 Å². The van der Waals surface area contributed by atoms with Crippen molar-refractivity contribution >= 4 is 22.9 Å². The fourth-order valence-corrected chi connectivity index (χ4v) is 2.68. The van der Waals surface area contributed by atoms with Crippen molar-refractivity contribution in [2.24, 2.45) is 0 Å². The molecule has 16 heavy (non-hydrogen) atoms. The molecular weight excluding hydrogens is 242 g/mol. The van der Waals surface area contributed by atoms with Crippen LogP contribution in [0.25, 0.3) is 9.88 Å². The van der Waals surface area contributed by atoms with E-state index in [0.29, 0.717) is 0 Å². The molecule has 5 nitrogen and oxygen atoms in total.